The molecule has 0 radical (unpaired) electrons. The van der Waals surface area contributed by atoms with Gasteiger partial charge in [0.2, 0.25) is 5.90 Å². The molecule has 0 N–H and O–H groups in total. The quantitative estimate of drug-likeness (QED) is 0.686. The summed E-state index contributed by atoms with van der Waals surface area (Å²) in [6, 6.07) is 10.5. The second-order valence-corrected chi connectivity index (χ2v) is 7.25. The van der Waals surface area contributed by atoms with Gasteiger partial charge in [0.15, 0.2) is 0 Å². The third-order valence-corrected chi connectivity index (χ3v) is 5.49. The maximum absolute atomic E-state index is 12.1. The van der Waals surface area contributed by atoms with E-state index in [4.69, 9.17) is 19.3 Å². The van der Waals surface area contributed by atoms with Crippen molar-refractivity contribution >= 4 is 11.9 Å². The molecule has 6 heteroatoms. The Morgan fingerprint density at radius 1 is 1.26 bits per heavy atom. The van der Waals surface area contributed by atoms with E-state index in [-0.39, 0.29) is 17.8 Å². The van der Waals surface area contributed by atoms with Gasteiger partial charge in [-0.3, -0.25) is 9.80 Å². The molecular formula is C21H30N2O4. The minimum atomic E-state index is -0.202. The number of hydrogen-bond acceptors (Lipinski definition) is 6. The van der Waals surface area contributed by atoms with Crippen LogP contribution in [0.2, 0.25) is 0 Å². The van der Waals surface area contributed by atoms with Crippen molar-refractivity contribution in [2.75, 3.05) is 34.0 Å². The van der Waals surface area contributed by atoms with Gasteiger partial charge in [-0.05, 0) is 31.2 Å². The van der Waals surface area contributed by atoms with E-state index in [2.05, 4.69) is 17.1 Å². The topological polar surface area (TPSA) is 60.4 Å². The fraction of sp³-hybridized carbons (Fsp3) is 0.619. The summed E-state index contributed by atoms with van der Waals surface area (Å²) >= 11 is 0. The second kappa shape index (κ2) is 9.74. The molecular weight excluding hydrogens is 344 g/mol. The number of esters is 1. The van der Waals surface area contributed by atoms with E-state index < -0.39 is 0 Å². The van der Waals surface area contributed by atoms with Gasteiger partial charge in [0, 0.05) is 25.5 Å². The van der Waals surface area contributed by atoms with Crippen LogP contribution in [0, 0.1) is 5.92 Å². The highest BCUT2D eigenvalue weighted by Crippen LogP contribution is 2.36. The van der Waals surface area contributed by atoms with Gasteiger partial charge in [-0.15, -0.1) is 5.10 Å². The summed E-state index contributed by atoms with van der Waals surface area (Å²) in [6.07, 6.45) is 4.45. The summed E-state index contributed by atoms with van der Waals surface area (Å²) in [5.74, 6) is 0.624. The number of ether oxygens (including phenoxy) is 3. The molecule has 148 valence electrons. The summed E-state index contributed by atoms with van der Waals surface area (Å²) in [5, 5.41) is 7.00. The van der Waals surface area contributed by atoms with Crippen molar-refractivity contribution in [2.24, 2.45) is 11.0 Å². The van der Waals surface area contributed by atoms with Crippen LogP contribution >= 0.6 is 0 Å². The molecule has 0 bridgehead atoms. The van der Waals surface area contributed by atoms with E-state index >= 15 is 0 Å². The van der Waals surface area contributed by atoms with Crippen molar-refractivity contribution in [1.82, 2.24) is 5.01 Å². The summed E-state index contributed by atoms with van der Waals surface area (Å²) in [7, 11) is 3.17. The molecule has 0 aliphatic carbocycles. The van der Waals surface area contributed by atoms with Crippen molar-refractivity contribution in [3.63, 3.8) is 0 Å². The van der Waals surface area contributed by atoms with Crippen molar-refractivity contribution in [1.29, 1.82) is 0 Å². The molecule has 0 aromatic heterocycles. The molecule has 0 unspecified atom stereocenters. The van der Waals surface area contributed by atoms with Crippen LogP contribution < -0.4 is 0 Å². The van der Waals surface area contributed by atoms with Crippen LogP contribution in [-0.2, 0) is 19.0 Å². The molecule has 1 aromatic rings. The third kappa shape index (κ3) is 5.01. The number of carbonyl (C=O) groups is 1. The minimum Gasteiger partial charge on any atom is -0.480 e. The maximum atomic E-state index is 12.1. The lowest BCUT2D eigenvalue weighted by molar-refractivity contribution is -0.141. The zero-order valence-corrected chi connectivity index (χ0v) is 16.3. The highest BCUT2D eigenvalue weighted by atomic mass is 16.5. The number of carbonyl (C=O) groups excluding carboxylic acids is 1. The van der Waals surface area contributed by atoms with E-state index in [1.807, 2.05) is 18.2 Å². The molecule has 2 aliphatic heterocycles. The van der Waals surface area contributed by atoms with Crippen LogP contribution in [0.4, 0.5) is 0 Å². The highest BCUT2D eigenvalue weighted by molar-refractivity contribution is 5.81. The predicted octanol–water partition coefficient (Wildman–Crippen LogP) is 3.18. The lowest BCUT2D eigenvalue weighted by atomic mass is 9.80. The van der Waals surface area contributed by atoms with Gasteiger partial charge in [-0.25, -0.2) is 0 Å². The molecule has 0 amide bonds. The van der Waals surface area contributed by atoms with E-state index in [0.29, 0.717) is 25.7 Å². The Kier molecular flexibility index (Phi) is 7.10. The zero-order chi connectivity index (χ0) is 19.1. The SMILES string of the molecule is COC[C@@H]1CCCN1/N=C1\OCCC[C@H]1[C@H](CC(=O)OC)c1ccccc1. The highest BCUT2D eigenvalue weighted by Gasteiger charge is 2.35. The van der Waals surface area contributed by atoms with E-state index in [1.165, 1.54) is 7.11 Å². The minimum absolute atomic E-state index is 0.00109. The van der Waals surface area contributed by atoms with E-state index in [9.17, 15) is 4.79 Å². The summed E-state index contributed by atoms with van der Waals surface area (Å²) in [4.78, 5) is 12.1. The molecule has 27 heavy (non-hydrogen) atoms. The Hall–Kier alpha value is -2.08. The first kappa shape index (κ1) is 19.7. The number of rotatable bonds is 7. The summed E-state index contributed by atoms with van der Waals surface area (Å²) in [5.41, 5.74) is 1.13. The third-order valence-electron chi connectivity index (χ3n) is 5.49. The van der Waals surface area contributed by atoms with Crippen LogP contribution in [0.25, 0.3) is 0 Å². The molecule has 2 fully saturated rings. The van der Waals surface area contributed by atoms with Crippen molar-refractivity contribution in [3.05, 3.63) is 35.9 Å². The van der Waals surface area contributed by atoms with E-state index in [1.54, 1.807) is 7.11 Å². The second-order valence-electron chi connectivity index (χ2n) is 7.25. The van der Waals surface area contributed by atoms with Gasteiger partial charge < -0.3 is 14.2 Å². The largest absolute Gasteiger partial charge is 0.480 e. The van der Waals surface area contributed by atoms with Crippen LogP contribution in [-0.4, -0.2) is 56.9 Å². The predicted molar refractivity (Wildman–Crippen MR) is 104 cm³/mol. The monoisotopic (exact) mass is 374 g/mol. The Bertz CT molecular complexity index is 634. The Balaban J connectivity index is 1.86. The molecule has 2 heterocycles. The normalized spacial score (nSPS) is 25.3. The van der Waals surface area contributed by atoms with Gasteiger partial charge in [-0.1, -0.05) is 30.3 Å². The molecule has 0 saturated carbocycles. The van der Waals surface area contributed by atoms with Gasteiger partial charge in [0.05, 0.1) is 32.8 Å². The van der Waals surface area contributed by atoms with Crippen molar-refractivity contribution in [2.45, 2.75) is 44.1 Å². The lowest BCUT2D eigenvalue weighted by Crippen LogP contribution is -2.35. The maximum Gasteiger partial charge on any atom is 0.306 e. The average Bonchev–Trinajstić information content (AvgIpc) is 3.14. The number of methoxy groups -OCH3 is 2. The fourth-order valence-corrected chi connectivity index (χ4v) is 4.08. The molecule has 2 aliphatic rings. The average molecular weight is 374 g/mol. The van der Waals surface area contributed by atoms with Crippen LogP contribution in [0.5, 0.6) is 0 Å². The first-order valence-corrected chi connectivity index (χ1v) is 9.81. The summed E-state index contributed by atoms with van der Waals surface area (Å²) < 4.78 is 16.3. The fourth-order valence-electron chi connectivity index (χ4n) is 4.08. The standard InChI is InChI=1S/C21H30N2O4/c1-25-15-17-10-6-12-23(17)22-21-18(11-7-13-27-21)19(14-20(24)26-2)16-8-4-3-5-9-16/h3-5,8-9,17-19H,6-7,10-15H2,1-2H3/b22-21-/t17-,18-,19+/m0/s1. The molecule has 2 saturated heterocycles. The van der Waals surface area contributed by atoms with Crippen LogP contribution in [0.3, 0.4) is 0 Å². The first-order chi connectivity index (χ1) is 13.2. The smallest absolute Gasteiger partial charge is 0.306 e. The van der Waals surface area contributed by atoms with Crippen molar-refractivity contribution < 1.29 is 19.0 Å². The molecule has 0 spiro atoms. The van der Waals surface area contributed by atoms with Gasteiger partial charge in [0.1, 0.15) is 0 Å². The van der Waals surface area contributed by atoms with Gasteiger partial charge >= 0.3 is 5.97 Å². The Labute approximate surface area is 161 Å². The Morgan fingerprint density at radius 3 is 2.81 bits per heavy atom. The number of benzene rings is 1. The van der Waals surface area contributed by atoms with E-state index in [0.717, 1.165) is 43.7 Å². The zero-order valence-electron chi connectivity index (χ0n) is 16.3. The first-order valence-electron chi connectivity index (χ1n) is 9.81. The van der Waals surface area contributed by atoms with Crippen LogP contribution in [0.15, 0.2) is 35.4 Å². The van der Waals surface area contributed by atoms with Crippen LogP contribution in [0.1, 0.15) is 43.6 Å². The number of hydrazone groups is 1. The van der Waals surface area contributed by atoms with Crippen molar-refractivity contribution in [3.8, 4) is 0 Å². The number of nitrogens with zero attached hydrogens (tertiary/aromatic N) is 2. The molecule has 1 aromatic carbocycles. The molecule has 3 atom stereocenters. The Morgan fingerprint density at radius 2 is 2.07 bits per heavy atom. The lowest BCUT2D eigenvalue weighted by Gasteiger charge is -2.33. The summed E-state index contributed by atoms with van der Waals surface area (Å²) in [6.45, 7) is 2.27. The van der Waals surface area contributed by atoms with Gasteiger partial charge in [-0.2, -0.15) is 0 Å². The molecule has 6 nitrogen and oxygen atoms in total. The molecule has 3 rings (SSSR count). The van der Waals surface area contributed by atoms with Gasteiger partial charge in [0.25, 0.3) is 0 Å². The number of hydrogen-bond donors (Lipinski definition) is 0.